The van der Waals surface area contributed by atoms with Crippen LogP contribution < -0.4 is 10.1 Å². The molecule has 0 radical (unpaired) electrons. The van der Waals surface area contributed by atoms with Gasteiger partial charge in [-0.3, -0.25) is 10.1 Å². The van der Waals surface area contributed by atoms with Crippen LogP contribution in [-0.2, 0) is 16.4 Å². The maximum atomic E-state index is 12.7. The number of rotatable bonds is 6. The van der Waals surface area contributed by atoms with Crippen LogP contribution in [0.2, 0.25) is 5.02 Å². The van der Waals surface area contributed by atoms with Crippen LogP contribution in [0.15, 0.2) is 17.0 Å². The van der Waals surface area contributed by atoms with Crippen LogP contribution in [0, 0.1) is 0 Å². The molecule has 0 spiro atoms. The predicted molar refractivity (Wildman–Crippen MR) is 91.9 cm³/mol. The number of hydrogen-bond acceptors (Lipinski definition) is 7. The van der Waals surface area contributed by atoms with E-state index >= 15 is 0 Å². The maximum Gasteiger partial charge on any atom is 0.573 e. The molecule has 1 aromatic carbocycles. The molecular formula is C14H15ClF3N5O4S. The molecular weight excluding hydrogens is 427 g/mol. The summed E-state index contributed by atoms with van der Waals surface area (Å²) in [6.45, 7) is 4.54. The minimum Gasteiger partial charge on any atom is -0.404 e. The minimum atomic E-state index is -5.16. The van der Waals surface area contributed by atoms with E-state index in [2.05, 4.69) is 25.6 Å². The Balaban J connectivity index is 2.57. The number of halogens is 4. The Morgan fingerprint density at radius 3 is 2.54 bits per heavy atom. The highest BCUT2D eigenvalue weighted by molar-refractivity contribution is 7.92. The lowest BCUT2D eigenvalue weighted by atomic mass is 10.2. The number of aromatic nitrogens is 4. The van der Waals surface area contributed by atoms with Gasteiger partial charge in [0.05, 0.1) is 15.8 Å². The summed E-state index contributed by atoms with van der Waals surface area (Å²) < 4.78 is 68.2. The summed E-state index contributed by atoms with van der Waals surface area (Å²) >= 11 is 6.03. The molecule has 0 atom stereocenters. The zero-order valence-electron chi connectivity index (χ0n) is 14.8. The molecule has 154 valence electrons. The lowest BCUT2D eigenvalue weighted by Crippen LogP contribution is -2.23. The topological polar surface area (TPSA) is 116 Å². The summed E-state index contributed by atoms with van der Waals surface area (Å²) in [6, 6.07) is 1.63. The molecule has 0 aliphatic carbocycles. The van der Waals surface area contributed by atoms with E-state index in [9.17, 15) is 26.4 Å². The number of carbonyl (C=O) groups excluding carboxylic acids is 1. The fourth-order valence-corrected chi connectivity index (χ4v) is 3.88. The number of carbonyl (C=O) groups is 1. The van der Waals surface area contributed by atoms with E-state index in [1.165, 1.54) is 18.5 Å². The molecule has 28 heavy (non-hydrogen) atoms. The highest BCUT2D eigenvalue weighted by Crippen LogP contribution is 2.39. The molecule has 0 unspecified atom stereocenters. The van der Waals surface area contributed by atoms with Gasteiger partial charge in [-0.25, -0.2) is 13.1 Å². The largest absolute Gasteiger partial charge is 0.573 e. The van der Waals surface area contributed by atoms with Crippen molar-refractivity contribution in [3.63, 3.8) is 0 Å². The number of aryl methyl sites for hydroxylation is 1. The van der Waals surface area contributed by atoms with Gasteiger partial charge in [-0.05, 0) is 43.3 Å². The molecule has 0 aliphatic rings. The standard InChI is InChI=1S/C14H15ClF3N5O4S/c1-4-23-13(20-21-22-23)19-12(24)8-5-6-9(27-14(16,17)18)11(10(8)15)28(25,26)7(2)3/h5-7H,4H2,1-3H3,(H,19,20,22,24). The van der Waals surface area contributed by atoms with Crippen LogP contribution in [0.4, 0.5) is 19.1 Å². The first-order chi connectivity index (χ1) is 12.9. The van der Waals surface area contributed by atoms with Crippen molar-refractivity contribution in [2.75, 3.05) is 5.32 Å². The Morgan fingerprint density at radius 1 is 1.36 bits per heavy atom. The Kier molecular flexibility index (Phi) is 6.18. The summed E-state index contributed by atoms with van der Waals surface area (Å²) in [4.78, 5) is 11.6. The van der Waals surface area contributed by atoms with Crippen molar-refractivity contribution in [1.29, 1.82) is 0 Å². The van der Waals surface area contributed by atoms with Gasteiger partial charge in [0.1, 0.15) is 10.6 Å². The second-order valence-electron chi connectivity index (χ2n) is 5.67. The van der Waals surface area contributed by atoms with Gasteiger partial charge in [-0.15, -0.1) is 13.2 Å². The monoisotopic (exact) mass is 441 g/mol. The third kappa shape index (κ3) is 4.52. The van der Waals surface area contributed by atoms with Crippen molar-refractivity contribution in [3.8, 4) is 5.75 Å². The maximum absolute atomic E-state index is 12.7. The predicted octanol–water partition coefficient (Wildman–Crippen LogP) is 2.68. The average molecular weight is 442 g/mol. The number of nitrogens with zero attached hydrogens (tertiary/aromatic N) is 4. The normalized spacial score (nSPS) is 12.3. The number of hydrogen-bond donors (Lipinski definition) is 1. The zero-order chi connectivity index (χ0) is 21.3. The molecule has 0 aliphatic heterocycles. The molecule has 9 nitrogen and oxygen atoms in total. The lowest BCUT2D eigenvalue weighted by molar-refractivity contribution is -0.275. The van der Waals surface area contributed by atoms with Gasteiger partial charge in [0.15, 0.2) is 9.84 Å². The van der Waals surface area contributed by atoms with Crippen LogP contribution in [0.1, 0.15) is 31.1 Å². The van der Waals surface area contributed by atoms with E-state index in [4.69, 9.17) is 11.6 Å². The van der Waals surface area contributed by atoms with E-state index in [1.54, 1.807) is 6.92 Å². The van der Waals surface area contributed by atoms with E-state index in [0.717, 1.165) is 6.07 Å². The highest BCUT2D eigenvalue weighted by Gasteiger charge is 2.37. The van der Waals surface area contributed by atoms with Crippen LogP contribution in [0.5, 0.6) is 5.75 Å². The van der Waals surface area contributed by atoms with Gasteiger partial charge in [0.2, 0.25) is 5.95 Å². The van der Waals surface area contributed by atoms with E-state index in [1.807, 2.05) is 0 Å². The number of alkyl halides is 3. The van der Waals surface area contributed by atoms with Gasteiger partial charge < -0.3 is 4.74 Å². The number of nitrogens with one attached hydrogen (secondary N) is 1. The molecule has 0 fully saturated rings. The Bertz CT molecular complexity index is 991. The molecule has 0 saturated carbocycles. The molecule has 14 heteroatoms. The first-order valence-corrected chi connectivity index (χ1v) is 9.70. The third-order valence-corrected chi connectivity index (χ3v) is 6.21. The summed E-state index contributed by atoms with van der Waals surface area (Å²) in [5.41, 5.74) is -0.388. The second-order valence-corrected chi connectivity index (χ2v) is 8.49. The first kappa shape index (κ1) is 21.9. The highest BCUT2D eigenvalue weighted by atomic mass is 35.5. The summed E-state index contributed by atoms with van der Waals surface area (Å²) in [7, 11) is -4.32. The Hall–Kier alpha value is -2.41. The summed E-state index contributed by atoms with van der Waals surface area (Å²) in [6.07, 6.45) is -5.16. The van der Waals surface area contributed by atoms with Gasteiger partial charge in [-0.1, -0.05) is 16.7 Å². The fourth-order valence-electron chi connectivity index (χ4n) is 2.10. The first-order valence-electron chi connectivity index (χ1n) is 7.78. The number of amides is 1. The number of tetrazole rings is 1. The Morgan fingerprint density at radius 2 is 2.00 bits per heavy atom. The third-order valence-electron chi connectivity index (χ3n) is 3.49. The van der Waals surface area contributed by atoms with Crippen molar-refractivity contribution in [3.05, 3.63) is 22.7 Å². The summed E-state index contributed by atoms with van der Waals surface area (Å²) in [5.74, 6) is -1.98. The van der Waals surface area contributed by atoms with Crippen molar-refractivity contribution < 1.29 is 31.1 Å². The SMILES string of the molecule is CCn1nnnc1NC(=O)c1ccc(OC(F)(F)F)c(S(=O)(=O)C(C)C)c1Cl. The number of anilines is 1. The van der Waals surface area contributed by atoms with Gasteiger partial charge in [0, 0.05) is 6.54 Å². The van der Waals surface area contributed by atoms with Crippen molar-refractivity contribution >= 4 is 33.3 Å². The minimum absolute atomic E-state index is 0.0487. The molecule has 2 aromatic rings. The molecule has 2 rings (SSSR count). The van der Waals surface area contributed by atoms with Crippen LogP contribution in [0.25, 0.3) is 0 Å². The molecule has 1 aromatic heterocycles. The van der Waals surface area contributed by atoms with Gasteiger partial charge >= 0.3 is 6.36 Å². The van der Waals surface area contributed by atoms with Crippen molar-refractivity contribution in [2.24, 2.45) is 0 Å². The Labute approximate surface area is 162 Å². The van der Waals surface area contributed by atoms with E-state index in [-0.39, 0.29) is 11.5 Å². The molecule has 1 N–H and O–H groups in total. The van der Waals surface area contributed by atoms with Crippen LogP contribution in [-0.4, -0.2) is 46.1 Å². The van der Waals surface area contributed by atoms with Crippen molar-refractivity contribution in [2.45, 2.75) is 43.8 Å². The smallest absolute Gasteiger partial charge is 0.404 e. The van der Waals surface area contributed by atoms with Gasteiger partial charge in [-0.2, -0.15) is 0 Å². The number of benzene rings is 1. The van der Waals surface area contributed by atoms with E-state index < -0.39 is 43.0 Å². The molecule has 0 saturated heterocycles. The zero-order valence-corrected chi connectivity index (χ0v) is 16.4. The molecule has 1 heterocycles. The van der Waals surface area contributed by atoms with Crippen LogP contribution >= 0.6 is 11.6 Å². The average Bonchev–Trinajstić information content (AvgIpc) is 3.00. The van der Waals surface area contributed by atoms with Crippen LogP contribution in [0.3, 0.4) is 0 Å². The lowest BCUT2D eigenvalue weighted by Gasteiger charge is -2.18. The second kappa shape index (κ2) is 7.91. The summed E-state index contributed by atoms with van der Waals surface area (Å²) in [5, 5.41) is 11.1. The fraction of sp³-hybridized carbons (Fsp3) is 0.429. The quantitative estimate of drug-likeness (QED) is 0.732. The molecule has 0 bridgehead atoms. The van der Waals surface area contributed by atoms with Gasteiger partial charge in [0.25, 0.3) is 5.91 Å². The number of ether oxygens (including phenoxy) is 1. The molecule has 1 amide bonds. The van der Waals surface area contributed by atoms with Crippen molar-refractivity contribution in [1.82, 2.24) is 20.2 Å². The number of sulfone groups is 1. The van der Waals surface area contributed by atoms with E-state index in [0.29, 0.717) is 12.6 Å².